The lowest BCUT2D eigenvalue weighted by Crippen LogP contribution is -2.46. The second kappa shape index (κ2) is 5.25. The largest absolute Gasteiger partial charge is 0.381 e. The fourth-order valence-corrected chi connectivity index (χ4v) is 5.94. The first-order valence-corrected chi connectivity index (χ1v) is 9.59. The van der Waals surface area contributed by atoms with E-state index in [-0.39, 0.29) is 5.41 Å². The van der Waals surface area contributed by atoms with E-state index in [1.54, 1.807) is 0 Å². The van der Waals surface area contributed by atoms with Gasteiger partial charge in [0.15, 0.2) is 0 Å². The summed E-state index contributed by atoms with van der Waals surface area (Å²) in [5, 5.41) is 0. The Labute approximate surface area is 122 Å². The van der Waals surface area contributed by atoms with E-state index in [1.165, 1.54) is 25.7 Å². The van der Waals surface area contributed by atoms with Crippen molar-refractivity contribution in [1.29, 1.82) is 0 Å². The van der Waals surface area contributed by atoms with Crippen molar-refractivity contribution in [3.05, 3.63) is 0 Å². The lowest BCUT2D eigenvalue weighted by molar-refractivity contribution is -0.0465. The molecule has 1 saturated heterocycles. The first-order chi connectivity index (χ1) is 9.54. The molecular weight excluding hydrogens is 274 g/mol. The highest BCUT2D eigenvalue weighted by Crippen LogP contribution is 2.49. The first kappa shape index (κ1) is 14.8. The van der Waals surface area contributed by atoms with Crippen LogP contribution >= 0.6 is 0 Å². The summed E-state index contributed by atoms with van der Waals surface area (Å²) in [6.07, 6.45) is 8.35. The Balaban J connectivity index is 1.65. The van der Waals surface area contributed by atoms with Gasteiger partial charge in [0.2, 0.25) is 10.0 Å². The van der Waals surface area contributed by atoms with Crippen LogP contribution in [0.15, 0.2) is 0 Å². The molecule has 3 aliphatic rings. The molecule has 3 fully saturated rings. The van der Waals surface area contributed by atoms with Crippen LogP contribution in [0.3, 0.4) is 0 Å². The molecule has 4 nitrogen and oxygen atoms in total. The van der Waals surface area contributed by atoms with Crippen LogP contribution in [0.5, 0.6) is 0 Å². The van der Waals surface area contributed by atoms with Gasteiger partial charge in [-0.1, -0.05) is 19.8 Å². The molecule has 0 bridgehead atoms. The zero-order valence-electron chi connectivity index (χ0n) is 12.5. The molecule has 2 saturated carbocycles. The Morgan fingerprint density at radius 3 is 2.50 bits per heavy atom. The molecule has 0 aromatic heterocycles. The lowest BCUT2D eigenvalue weighted by atomic mass is 9.72. The normalized spacial score (nSPS) is 31.6. The summed E-state index contributed by atoms with van der Waals surface area (Å²) in [6, 6.07) is 0. The van der Waals surface area contributed by atoms with Crippen molar-refractivity contribution in [2.45, 2.75) is 63.0 Å². The summed E-state index contributed by atoms with van der Waals surface area (Å²) in [6.45, 7) is 4.22. The highest BCUT2D eigenvalue weighted by Gasteiger charge is 2.53. The molecule has 3 rings (SSSR count). The van der Waals surface area contributed by atoms with Gasteiger partial charge in [0.1, 0.15) is 0 Å². The second-order valence-electron chi connectivity index (χ2n) is 7.00. The molecule has 1 heterocycles. The average molecular weight is 301 g/mol. The van der Waals surface area contributed by atoms with Gasteiger partial charge < -0.3 is 4.74 Å². The Kier molecular flexibility index (Phi) is 3.89. The molecule has 1 atom stereocenters. The van der Waals surface area contributed by atoms with E-state index >= 15 is 0 Å². The SMILES string of the molecule is CCC1(S(=O)(=O)NCC2CCOCC23CCCC3)CC1. The molecule has 116 valence electrons. The second-order valence-corrected chi connectivity index (χ2v) is 9.16. The van der Waals surface area contributed by atoms with Gasteiger partial charge >= 0.3 is 0 Å². The number of rotatable bonds is 5. The van der Waals surface area contributed by atoms with E-state index in [0.717, 1.165) is 38.9 Å². The van der Waals surface area contributed by atoms with Gasteiger partial charge in [-0.05, 0) is 49.9 Å². The van der Waals surface area contributed by atoms with Crippen molar-refractivity contribution in [1.82, 2.24) is 4.72 Å². The van der Waals surface area contributed by atoms with Crippen LogP contribution in [-0.4, -0.2) is 32.9 Å². The van der Waals surface area contributed by atoms with Crippen LogP contribution in [-0.2, 0) is 14.8 Å². The van der Waals surface area contributed by atoms with Gasteiger partial charge in [-0.25, -0.2) is 13.1 Å². The summed E-state index contributed by atoms with van der Waals surface area (Å²) in [4.78, 5) is 0. The zero-order chi connectivity index (χ0) is 14.3. The minimum atomic E-state index is -3.14. The smallest absolute Gasteiger partial charge is 0.217 e. The van der Waals surface area contributed by atoms with E-state index in [0.29, 0.717) is 12.5 Å². The van der Waals surface area contributed by atoms with Crippen LogP contribution in [0.25, 0.3) is 0 Å². The third kappa shape index (κ3) is 2.42. The molecule has 5 heteroatoms. The number of nitrogens with one attached hydrogen (secondary N) is 1. The maximum absolute atomic E-state index is 12.4. The van der Waals surface area contributed by atoms with Crippen molar-refractivity contribution < 1.29 is 13.2 Å². The predicted molar refractivity (Wildman–Crippen MR) is 79.0 cm³/mol. The average Bonchev–Trinajstić information content (AvgIpc) is 3.14. The molecule has 0 radical (unpaired) electrons. The van der Waals surface area contributed by atoms with E-state index in [1.807, 2.05) is 6.92 Å². The minimum Gasteiger partial charge on any atom is -0.381 e. The summed E-state index contributed by atoms with van der Waals surface area (Å²) in [7, 11) is -3.14. The fourth-order valence-electron chi connectivity index (χ4n) is 4.19. The highest BCUT2D eigenvalue weighted by atomic mass is 32.2. The van der Waals surface area contributed by atoms with Crippen molar-refractivity contribution in [2.24, 2.45) is 11.3 Å². The fraction of sp³-hybridized carbons (Fsp3) is 1.00. The van der Waals surface area contributed by atoms with E-state index < -0.39 is 14.8 Å². The summed E-state index contributed by atoms with van der Waals surface area (Å²) < 4.78 is 33.1. The maximum Gasteiger partial charge on any atom is 0.217 e. The topological polar surface area (TPSA) is 55.4 Å². The van der Waals surface area contributed by atoms with Gasteiger partial charge in [0.25, 0.3) is 0 Å². The molecule has 1 unspecified atom stereocenters. The number of hydrogen-bond donors (Lipinski definition) is 1. The third-order valence-electron chi connectivity index (χ3n) is 6.01. The van der Waals surface area contributed by atoms with E-state index in [2.05, 4.69) is 4.72 Å². The molecule has 0 aromatic rings. The Bertz CT molecular complexity index is 450. The van der Waals surface area contributed by atoms with Crippen molar-refractivity contribution in [3.8, 4) is 0 Å². The molecule has 20 heavy (non-hydrogen) atoms. The van der Waals surface area contributed by atoms with E-state index in [4.69, 9.17) is 4.74 Å². The Morgan fingerprint density at radius 2 is 1.90 bits per heavy atom. The standard InChI is InChI=1S/C15H27NO3S/c1-2-15(8-9-15)20(17,18)16-11-13-5-10-19-12-14(13)6-3-4-7-14/h13,16H,2-12H2,1H3. The van der Waals surface area contributed by atoms with Crippen LogP contribution < -0.4 is 4.72 Å². The zero-order valence-corrected chi connectivity index (χ0v) is 13.3. The van der Waals surface area contributed by atoms with Gasteiger partial charge in [-0.3, -0.25) is 0 Å². The Morgan fingerprint density at radius 1 is 1.20 bits per heavy atom. The van der Waals surface area contributed by atoms with Crippen LogP contribution in [0.1, 0.15) is 58.3 Å². The highest BCUT2D eigenvalue weighted by molar-refractivity contribution is 7.91. The van der Waals surface area contributed by atoms with Gasteiger partial charge in [0, 0.05) is 13.2 Å². The van der Waals surface area contributed by atoms with Crippen molar-refractivity contribution in [3.63, 3.8) is 0 Å². The van der Waals surface area contributed by atoms with E-state index in [9.17, 15) is 8.42 Å². The van der Waals surface area contributed by atoms with Gasteiger partial charge in [-0.15, -0.1) is 0 Å². The molecule has 1 N–H and O–H groups in total. The van der Waals surface area contributed by atoms with Crippen LogP contribution in [0.2, 0.25) is 0 Å². The summed E-state index contributed by atoms with van der Waals surface area (Å²) >= 11 is 0. The third-order valence-corrected chi connectivity index (χ3v) is 8.39. The molecule has 0 aromatic carbocycles. The van der Waals surface area contributed by atoms with Crippen LogP contribution in [0, 0.1) is 11.3 Å². The summed E-state index contributed by atoms with van der Waals surface area (Å²) in [5.41, 5.74) is 0.254. The molecule has 0 amide bonds. The monoisotopic (exact) mass is 301 g/mol. The lowest BCUT2D eigenvalue weighted by Gasteiger charge is -2.41. The summed E-state index contributed by atoms with van der Waals surface area (Å²) in [5.74, 6) is 0.459. The molecule has 1 spiro atoms. The van der Waals surface area contributed by atoms with Crippen molar-refractivity contribution >= 4 is 10.0 Å². The maximum atomic E-state index is 12.4. The van der Waals surface area contributed by atoms with Gasteiger partial charge in [0.05, 0.1) is 11.4 Å². The van der Waals surface area contributed by atoms with Crippen molar-refractivity contribution in [2.75, 3.05) is 19.8 Å². The quantitative estimate of drug-likeness (QED) is 0.848. The van der Waals surface area contributed by atoms with Gasteiger partial charge in [-0.2, -0.15) is 0 Å². The molecular formula is C15H27NO3S. The predicted octanol–water partition coefficient (Wildman–Crippen LogP) is 2.45. The van der Waals surface area contributed by atoms with Crippen LogP contribution in [0.4, 0.5) is 0 Å². The Hall–Kier alpha value is -0.130. The number of hydrogen-bond acceptors (Lipinski definition) is 3. The molecule has 2 aliphatic carbocycles. The number of ether oxygens (including phenoxy) is 1. The molecule has 1 aliphatic heterocycles. The first-order valence-electron chi connectivity index (χ1n) is 8.11. The minimum absolute atomic E-state index is 0.254. The number of sulfonamides is 1.